The van der Waals surface area contributed by atoms with Gasteiger partial charge in [-0.15, -0.1) is 0 Å². The van der Waals surface area contributed by atoms with Crippen LogP contribution in [0.25, 0.3) is 0 Å². The lowest BCUT2D eigenvalue weighted by atomic mass is 10.3. The molecule has 0 aromatic heterocycles. The summed E-state index contributed by atoms with van der Waals surface area (Å²) in [5, 5.41) is 0. The third-order valence-electron chi connectivity index (χ3n) is 1.20. The molecule has 3 nitrogen and oxygen atoms in total. The second kappa shape index (κ2) is 5.68. The zero-order valence-electron chi connectivity index (χ0n) is 7.00. The van der Waals surface area contributed by atoms with Gasteiger partial charge in [0.15, 0.2) is 0 Å². The molecule has 0 saturated carbocycles. The molecule has 0 fully saturated rings. The topological polar surface area (TPSA) is 47.6 Å². The number of aliphatic imine (C=N–C) groups is 1. The summed E-state index contributed by atoms with van der Waals surface area (Å²) in [4.78, 5) is 3.62. The number of methoxy groups -OCH3 is 1. The van der Waals surface area contributed by atoms with Crippen LogP contribution in [-0.2, 0) is 4.74 Å². The van der Waals surface area contributed by atoms with Gasteiger partial charge in [0.05, 0.1) is 7.11 Å². The molecule has 0 amide bonds. The van der Waals surface area contributed by atoms with Crippen LogP contribution in [-0.4, -0.2) is 20.4 Å². The molecule has 0 aliphatic rings. The number of nitrogens with zero attached hydrogens (tertiary/aromatic N) is 1. The molecule has 62 valence electrons. The molecule has 0 aliphatic carbocycles. The first kappa shape index (κ1) is 9.91. The van der Waals surface area contributed by atoms with Gasteiger partial charge in [-0.25, -0.2) is 4.99 Å². The molecule has 0 radical (unpaired) electrons. The van der Waals surface area contributed by atoms with Crippen LogP contribution in [0.15, 0.2) is 28.6 Å². The van der Waals surface area contributed by atoms with Crippen LogP contribution < -0.4 is 5.73 Å². The summed E-state index contributed by atoms with van der Waals surface area (Å²) in [6.07, 6.45) is 3.59. The van der Waals surface area contributed by atoms with E-state index in [1.807, 2.05) is 13.0 Å². The Kier molecular flexibility index (Phi) is 5.11. The van der Waals surface area contributed by atoms with Crippen molar-refractivity contribution in [3.8, 4) is 0 Å². The smallest absolute Gasteiger partial charge is 0.212 e. The number of rotatable bonds is 4. The van der Waals surface area contributed by atoms with Crippen molar-refractivity contribution in [2.45, 2.75) is 6.92 Å². The van der Waals surface area contributed by atoms with Gasteiger partial charge in [0.1, 0.15) is 0 Å². The zero-order valence-corrected chi connectivity index (χ0v) is 7.00. The van der Waals surface area contributed by atoms with Crippen LogP contribution in [0.4, 0.5) is 0 Å². The van der Waals surface area contributed by atoms with Gasteiger partial charge in [0.2, 0.25) is 5.88 Å². The molecule has 0 saturated heterocycles. The Labute approximate surface area is 67.3 Å². The maximum Gasteiger partial charge on any atom is 0.212 e. The maximum atomic E-state index is 5.36. The third kappa shape index (κ3) is 4.33. The van der Waals surface area contributed by atoms with Crippen molar-refractivity contribution in [1.29, 1.82) is 0 Å². The lowest BCUT2D eigenvalue weighted by molar-refractivity contribution is 0.289. The van der Waals surface area contributed by atoms with E-state index >= 15 is 0 Å². The van der Waals surface area contributed by atoms with Crippen molar-refractivity contribution in [3.63, 3.8) is 0 Å². The summed E-state index contributed by atoms with van der Waals surface area (Å²) in [6.45, 7) is 5.82. The van der Waals surface area contributed by atoms with Gasteiger partial charge in [-0.3, -0.25) is 0 Å². The minimum atomic E-state index is 0.498. The Hall–Kier alpha value is -1.09. The SMILES string of the molecule is C=N/C(=C\C=C(/C)CN)OC. The van der Waals surface area contributed by atoms with E-state index in [0.29, 0.717) is 12.4 Å². The lowest BCUT2D eigenvalue weighted by Crippen LogP contribution is -1.98. The molecule has 2 N–H and O–H groups in total. The highest BCUT2D eigenvalue weighted by Gasteiger charge is 1.85. The first-order chi connectivity index (χ1) is 5.24. The van der Waals surface area contributed by atoms with Crippen molar-refractivity contribution in [2.75, 3.05) is 13.7 Å². The van der Waals surface area contributed by atoms with Crippen molar-refractivity contribution in [3.05, 3.63) is 23.6 Å². The van der Waals surface area contributed by atoms with E-state index in [0.717, 1.165) is 5.57 Å². The highest BCUT2D eigenvalue weighted by atomic mass is 16.5. The Morgan fingerprint density at radius 2 is 2.27 bits per heavy atom. The fraction of sp³-hybridized carbons (Fsp3) is 0.375. The molecule has 0 heterocycles. The van der Waals surface area contributed by atoms with Gasteiger partial charge in [0.25, 0.3) is 0 Å². The van der Waals surface area contributed by atoms with Gasteiger partial charge in [-0.05, 0) is 13.6 Å². The lowest BCUT2D eigenvalue weighted by Gasteiger charge is -1.96. The van der Waals surface area contributed by atoms with Crippen LogP contribution >= 0.6 is 0 Å². The first-order valence-electron chi connectivity index (χ1n) is 3.32. The van der Waals surface area contributed by atoms with Crippen molar-refractivity contribution in [2.24, 2.45) is 10.7 Å². The molecular formula is C8H14N2O. The molecule has 0 spiro atoms. The Morgan fingerprint density at radius 1 is 1.64 bits per heavy atom. The van der Waals surface area contributed by atoms with Gasteiger partial charge in [0, 0.05) is 12.6 Å². The van der Waals surface area contributed by atoms with Gasteiger partial charge >= 0.3 is 0 Å². The van der Waals surface area contributed by atoms with Crippen molar-refractivity contribution >= 4 is 6.72 Å². The third-order valence-corrected chi connectivity index (χ3v) is 1.20. The standard InChI is InChI=1S/C8H14N2O/c1-7(6-9)4-5-8(10-2)11-3/h4-5H,2,6,9H2,1,3H3/b7-4+,8-5+. The van der Waals surface area contributed by atoms with E-state index in [4.69, 9.17) is 10.5 Å². The Morgan fingerprint density at radius 3 is 2.64 bits per heavy atom. The van der Waals surface area contributed by atoms with E-state index in [2.05, 4.69) is 11.7 Å². The van der Waals surface area contributed by atoms with Crippen LogP contribution in [0.1, 0.15) is 6.92 Å². The summed E-state index contributed by atoms with van der Waals surface area (Å²) in [6, 6.07) is 0. The molecule has 0 bridgehead atoms. The fourth-order valence-corrected chi connectivity index (χ4v) is 0.467. The zero-order chi connectivity index (χ0) is 8.69. The molecule has 0 atom stereocenters. The van der Waals surface area contributed by atoms with Gasteiger partial charge in [-0.1, -0.05) is 11.6 Å². The summed E-state index contributed by atoms with van der Waals surface area (Å²) in [5.74, 6) is 0.498. The van der Waals surface area contributed by atoms with E-state index in [1.54, 1.807) is 13.2 Å². The largest absolute Gasteiger partial charge is 0.481 e. The summed E-state index contributed by atoms with van der Waals surface area (Å²) >= 11 is 0. The van der Waals surface area contributed by atoms with Crippen LogP contribution in [0.2, 0.25) is 0 Å². The minimum absolute atomic E-state index is 0.498. The molecule has 0 aromatic carbocycles. The predicted octanol–water partition coefficient (Wildman–Crippen LogP) is 1.08. The normalized spacial score (nSPS) is 13.0. The number of hydrogen-bond acceptors (Lipinski definition) is 3. The average Bonchev–Trinajstić information content (AvgIpc) is 2.06. The quantitative estimate of drug-likeness (QED) is 0.374. The number of ether oxygens (including phenoxy) is 1. The molecule has 11 heavy (non-hydrogen) atoms. The van der Waals surface area contributed by atoms with Crippen LogP contribution in [0.3, 0.4) is 0 Å². The van der Waals surface area contributed by atoms with Crippen molar-refractivity contribution < 1.29 is 4.74 Å². The van der Waals surface area contributed by atoms with Crippen molar-refractivity contribution in [1.82, 2.24) is 0 Å². The summed E-state index contributed by atoms with van der Waals surface area (Å²) in [7, 11) is 1.55. The highest BCUT2D eigenvalue weighted by molar-refractivity contribution is 5.28. The second-order valence-corrected chi connectivity index (χ2v) is 2.08. The Bertz CT molecular complexity index is 183. The summed E-state index contributed by atoms with van der Waals surface area (Å²) < 4.78 is 4.84. The molecule has 0 rings (SSSR count). The predicted molar refractivity (Wildman–Crippen MR) is 47.5 cm³/mol. The molecule has 0 aromatic rings. The summed E-state index contributed by atoms with van der Waals surface area (Å²) in [5.41, 5.74) is 6.43. The molecule has 3 heteroatoms. The second-order valence-electron chi connectivity index (χ2n) is 2.08. The van der Waals surface area contributed by atoms with E-state index < -0.39 is 0 Å². The van der Waals surface area contributed by atoms with E-state index in [1.165, 1.54) is 0 Å². The van der Waals surface area contributed by atoms with Gasteiger partial charge in [-0.2, -0.15) is 0 Å². The number of nitrogens with two attached hydrogens (primary N) is 1. The minimum Gasteiger partial charge on any atom is -0.481 e. The first-order valence-corrected chi connectivity index (χ1v) is 3.32. The number of allylic oxidation sites excluding steroid dienone is 2. The molecule has 0 aliphatic heterocycles. The maximum absolute atomic E-state index is 5.36. The van der Waals surface area contributed by atoms with E-state index in [-0.39, 0.29) is 0 Å². The number of hydrogen-bond donors (Lipinski definition) is 1. The van der Waals surface area contributed by atoms with E-state index in [9.17, 15) is 0 Å². The van der Waals surface area contributed by atoms with Gasteiger partial charge < -0.3 is 10.5 Å². The molecular weight excluding hydrogens is 140 g/mol. The molecule has 0 unspecified atom stereocenters. The highest BCUT2D eigenvalue weighted by Crippen LogP contribution is 1.98. The van der Waals surface area contributed by atoms with Crippen LogP contribution in [0, 0.1) is 0 Å². The monoisotopic (exact) mass is 154 g/mol. The average molecular weight is 154 g/mol. The van der Waals surface area contributed by atoms with Crippen LogP contribution in [0.5, 0.6) is 0 Å². The Balaban J connectivity index is 4.17. The fourth-order valence-electron chi connectivity index (χ4n) is 0.467.